The summed E-state index contributed by atoms with van der Waals surface area (Å²) in [4.78, 5) is 10.9. The van der Waals surface area contributed by atoms with Crippen molar-refractivity contribution in [2.75, 3.05) is 0 Å². The Morgan fingerprint density at radius 2 is 0.667 bits per heavy atom. The van der Waals surface area contributed by atoms with E-state index in [9.17, 15) is 4.79 Å². The zero-order valence-electron chi connectivity index (χ0n) is 25.3. The minimum absolute atomic E-state index is 0.142. The van der Waals surface area contributed by atoms with Gasteiger partial charge in [-0.15, -0.1) is 0 Å². The van der Waals surface area contributed by atoms with Gasteiger partial charge >= 0.3 is 0 Å². The molecule has 0 saturated heterocycles. The molecule has 0 saturated carbocycles. The Kier molecular flexibility index (Phi) is 30.2. The third-order valence-electron chi connectivity index (χ3n) is 8.22. The van der Waals surface area contributed by atoms with Crippen LogP contribution < -0.4 is 5.73 Å². The number of carbonyl (C=O) groups is 1. The molecule has 2 heteroatoms. The highest BCUT2D eigenvalue weighted by Gasteiger charge is 2.09. The standard InChI is InChI=1S/C34H69NO/c1-3-5-7-9-10-11-12-13-14-15-16-17-18-19-22-26-30-33(29-25-21-8-6-4-2)31-27-23-20-24-28-32-34(35)36/h33H,3-32H2,1-2H3,(H2,35,36). The third-order valence-corrected chi connectivity index (χ3v) is 8.22. The van der Waals surface area contributed by atoms with Gasteiger partial charge < -0.3 is 5.73 Å². The third kappa shape index (κ3) is 29.7. The van der Waals surface area contributed by atoms with Crippen molar-refractivity contribution in [2.45, 2.75) is 206 Å². The minimum Gasteiger partial charge on any atom is -0.370 e. The molecule has 2 N–H and O–H groups in total. The summed E-state index contributed by atoms with van der Waals surface area (Å²) in [5.74, 6) is 0.820. The Balaban J connectivity index is 3.66. The van der Waals surface area contributed by atoms with Crippen LogP contribution in [0.2, 0.25) is 0 Å². The molecule has 36 heavy (non-hydrogen) atoms. The van der Waals surface area contributed by atoms with Crippen LogP contribution in [0.1, 0.15) is 206 Å². The fourth-order valence-corrected chi connectivity index (χ4v) is 5.71. The lowest BCUT2D eigenvalue weighted by Crippen LogP contribution is -2.09. The molecule has 0 rings (SSSR count). The van der Waals surface area contributed by atoms with Crippen molar-refractivity contribution >= 4 is 5.91 Å². The molecule has 0 aliphatic rings. The van der Waals surface area contributed by atoms with Gasteiger partial charge in [-0.25, -0.2) is 0 Å². The molecule has 2 nitrogen and oxygen atoms in total. The first-order valence-corrected chi connectivity index (χ1v) is 17.0. The van der Waals surface area contributed by atoms with E-state index in [1.807, 2.05) is 0 Å². The van der Waals surface area contributed by atoms with Crippen molar-refractivity contribution in [1.29, 1.82) is 0 Å². The lowest BCUT2D eigenvalue weighted by Gasteiger charge is -2.17. The Hall–Kier alpha value is -0.530. The lowest BCUT2D eigenvalue weighted by atomic mass is 9.89. The molecule has 0 aromatic carbocycles. The van der Waals surface area contributed by atoms with Crippen LogP contribution in [0.5, 0.6) is 0 Å². The highest BCUT2D eigenvalue weighted by atomic mass is 16.1. The lowest BCUT2D eigenvalue weighted by molar-refractivity contribution is -0.118. The van der Waals surface area contributed by atoms with Crippen LogP contribution in [0.4, 0.5) is 0 Å². The number of carbonyl (C=O) groups excluding carboxylic acids is 1. The van der Waals surface area contributed by atoms with Crippen LogP contribution in [-0.4, -0.2) is 5.91 Å². The van der Waals surface area contributed by atoms with Gasteiger partial charge in [0.25, 0.3) is 0 Å². The Morgan fingerprint density at radius 1 is 0.417 bits per heavy atom. The van der Waals surface area contributed by atoms with Crippen molar-refractivity contribution in [1.82, 2.24) is 0 Å². The maximum atomic E-state index is 10.9. The molecule has 1 atom stereocenters. The van der Waals surface area contributed by atoms with E-state index in [-0.39, 0.29) is 5.91 Å². The normalized spacial score (nSPS) is 12.3. The van der Waals surface area contributed by atoms with Crippen LogP contribution in [0.15, 0.2) is 0 Å². The Bertz CT molecular complexity index is 421. The molecular weight excluding hydrogens is 438 g/mol. The van der Waals surface area contributed by atoms with E-state index in [1.54, 1.807) is 0 Å². The van der Waals surface area contributed by atoms with Gasteiger partial charge in [0.1, 0.15) is 0 Å². The van der Waals surface area contributed by atoms with E-state index in [4.69, 9.17) is 5.73 Å². The monoisotopic (exact) mass is 508 g/mol. The van der Waals surface area contributed by atoms with E-state index in [2.05, 4.69) is 13.8 Å². The number of primary amides is 1. The number of nitrogens with two attached hydrogens (primary N) is 1. The summed E-state index contributed by atoms with van der Waals surface area (Å²) in [6.07, 6.45) is 41.5. The van der Waals surface area contributed by atoms with E-state index < -0.39 is 0 Å². The van der Waals surface area contributed by atoms with Crippen LogP contribution in [0.3, 0.4) is 0 Å². The number of unbranched alkanes of at least 4 members (excludes halogenated alkanes) is 23. The van der Waals surface area contributed by atoms with Gasteiger partial charge in [-0.1, -0.05) is 194 Å². The maximum absolute atomic E-state index is 10.9. The van der Waals surface area contributed by atoms with Gasteiger partial charge in [0.05, 0.1) is 0 Å². The second kappa shape index (κ2) is 30.7. The van der Waals surface area contributed by atoms with Gasteiger partial charge in [0, 0.05) is 6.42 Å². The average molecular weight is 508 g/mol. The summed E-state index contributed by atoms with van der Waals surface area (Å²) in [6, 6.07) is 0. The number of hydrogen-bond donors (Lipinski definition) is 1. The fraction of sp³-hybridized carbons (Fsp3) is 0.971. The van der Waals surface area contributed by atoms with Crippen molar-refractivity contribution < 1.29 is 4.79 Å². The molecule has 216 valence electrons. The number of amides is 1. The average Bonchev–Trinajstić information content (AvgIpc) is 2.87. The molecule has 0 aliphatic carbocycles. The Morgan fingerprint density at radius 3 is 0.944 bits per heavy atom. The van der Waals surface area contributed by atoms with Crippen molar-refractivity contribution in [3.8, 4) is 0 Å². The summed E-state index contributed by atoms with van der Waals surface area (Å²) in [5.41, 5.74) is 5.24. The van der Waals surface area contributed by atoms with Crippen LogP contribution in [-0.2, 0) is 4.79 Å². The molecule has 1 amide bonds. The molecule has 0 radical (unpaired) electrons. The van der Waals surface area contributed by atoms with Crippen LogP contribution in [0, 0.1) is 5.92 Å². The molecule has 0 fully saturated rings. The molecule has 0 aliphatic heterocycles. The fourth-order valence-electron chi connectivity index (χ4n) is 5.71. The summed E-state index contributed by atoms with van der Waals surface area (Å²) < 4.78 is 0. The van der Waals surface area contributed by atoms with E-state index in [0.717, 1.165) is 12.3 Å². The smallest absolute Gasteiger partial charge is 0.217 e. The van der Waals surface area contributed by atoms with Gasteiger partial charge in [-0.05, 0) is 12.3 Å². The zero-order valence-corrected chi connectivity index (χ0v) is 25.3. The number of rotatable bonds is 31. The van der Waals surface area contributed by atoms with Crippen LogP contribution >= 0.6 is 0 Å². The zero-order chi connectivity index (χ0) is 26.4. The second-order valence-electron chi connectivity index (χ2n) is 11.9. The number of hydrogen-bond acceptors (Lipinski definition) is 1. The predicted octanol–water partition coefficient (Wildman–Crippen LogP) is 11.8. The first-order chi connectivity index (χ1) is 17.7. The molecule has 1 unspecified atom stereocenters. The molecule has 0 aromatic heterocycles. The van der Waals surface area contributed by atoms with Crippen molar-refractivity contribution in [3.63, 3.8) is 0 Å². The van der Waals surface area contributed by atoms with Gasteiger partial charge in [0.15, 0.2) is 0 Å². The molecule has 0 heterocycles. The molecular formula is C34H69NO. The topological polar surface area (TPSA) is 43.1 Å². The highest BCUT2D eigenvalue weighted by molar-refractivity contribution is 5.73. The molecule has 0 aromatic rings. The highest BCUT2D eigenvalue weighted by Crippen LogP contribution is 2.25. The molecule has 0 spiro atoms. The molecule has 0 bridgehead atoms. The SMILES string of the molecule is CCCCCCCCCCCCCCCCCCC(CCCCCCC)CCCCCCCC(N)=O. The van der Waals surface area contributed by atoms with Gasteiger partial charge in [-0.3, -0.25) is 4.79 Å². The second-order valence-corrected chi connectivity index (χ2v) is 11.9. The summed E-state index contributed by atoms with van der Waals surface area (Å²) in [7, 11) is 0. The van der Waals surface area contributed by atoms with E-state index in [0.29, 0.717) is 6.42 Å². The first kappa shape index (κ1) is 35.5. The van der Waals surface area contributed by atoms with Gasteiger partial charge in [-0.2, -0.15) is 0 Å². The predicted molar refractivity (Wildman–Crippen MR) is 163 cm³/mol. The summed E-state index contributed by atoms with van der Waals surface area (Å²) >= 11 is 0. The van der Waals surface area contributed by atoms with Gasteiger partial charge in [0.2, 0.25) is 5.91 Å². The minimum atomic E-state index is -0.142. The summed E-state index contributed by atoms with van der Waals surface area (Å²) in [5, 5.41) is 0. The maximum Gasteiger partial charge on any atom is 0.217 e. The largest absolute Gasteiger partial charge is 0.370 e. The summed E-state index contributed by atoms with van der Waals surface area (Å²) in [6.45, 7) is 4.61. The quantitative estimate of drug-likeness (QED) is 0.0931. The van der Waals surface area contributed by atoms with E-state index in [1.165, 1.54) is 180 Å². The van der Waals surface area contributed by atoms with Crippen molar-refractivity contribution in [3.05, 3.63) is 0 Å². The Labute approximate surface area is 228 Å². The van der Waals surface area contributed by atoms with Crippen LogP contribution in [0.25, 0.3) is 0 Å². The van der Waals surface area contributed by atoms with E-state index >= 15 is 0 Å². The van der Waals surface area contributed by atoms with Crippen molar-refractivity contribution in [2.24, 2.45) is 11.7 Å². The first-order valence-electron chi connectivity index (χ1n) is 17.0.